The lowest BCUT2D eigenvalue weighted by Gasteiger charge is -2.42. The van der Waals surface area contributed by atoms with Crippen LogP contribution in [0.25, 0.3) is 0 Å². The number of hydrogen-bond donors (Lipinski definition) is 0. The fourth-order valence-electron chi connectivity index (χ4n) is 4.60. The van der Waals surface area contributed by atoms with Crippen molar-refractivity contribution in [3.63, 3.8) is 0 Å². The van der Waals surface area contributed by atoms with E-state index in [9.17, 15) is 0 Å². The second-order valence-electron chi connectivity index (χ2n) is 7.46. The normalized spacial score (nSPS) is 25.8. The number of hydrogen-bond acceptors (Lipinski definition) is 3. The Morgan fingerprint density at radius 2 is 1.64 bits per heavy atom. The molecule has 2 atom stereocenters. The predicted molar refractivity (Wildman–Crippen MR) is 99.6 cm³/mol. The molecule has 128 valence electrons. The zero-order valence-corrected chi connectivity index (χ0v) is 14.5. The summed E-state index contributed by atoms with van der Waals surface area (Å²) in [6, 6.07) is 19.4. The molecule has 2 aromatic rings. The van der Waals surface area contributed by atoms with Crippen LogP contribution in [0.3, 0.4) is 0 Å². The van der Waals surface area contributed by atoms with E-state index < -0.39 is 0 Å². The summed E-state index contributed by atoms with van der Waals surface area (Å²) in [6.45, 7) is 0. The van der Waals surface area contributed by atoms with E-state index in [4.69, 9.17) is 9.84 Å². The first-order valence-electron chi connectivity index (χ1n) is 9.57. The minimum Gasteiger partial charge on any atom is -0.468 e. The Morgan fingerprint density at radius 1 is 0.880 bits per heavy atom. The van der Waals surface area contributed by atoms with Gasteiger partial charge in [-0.15, -0.1) is 0 Å². The standard InChI is InChI=1S/C22H24N2O/c1-3-9-16(10-4-1)19-15-20-18-13-7-8-14-21(18)25-22(24(20)23-19)17-11-5-2-6-12-17/h1,3-4,7-10,13-14,17,20,22H,2,5-6,11-12,15H2/t20-,22+/m1/s1. The van der Waals surface area contributed by atoms with Crippen LogP contribution in [0, 0.1) is 5.92 Å². The van der Waals surface area contributed by atoms with Crippen molar-refractivity contribution in [2.75, 3.05) is 0 Å². The quantitative estimate of drug-likeness (QED) is 0.761. The lowest BCUT2D eigenvalue weighted by molar-refractivity contribution is -0.0643. The number of rotatable bonds is 2. The van der Waals surface area contributed by atoms with Crippen LogP contribution in [0.15, 0.2) is 59.7 Å². The Kier molecular flexibility index (Phi) is 3.73. The fraction of sp³-hybridized carbons (Fsp3) is 0.409. The predicted octanol–water partition coefficient (Wildman–Crippen LogP) is 5.14. The zero-order valence-electron chi connectivity index (χ0n) is 14.5. The molecule has 0 radical (unpaired) electrons. The van der Waals surface area contributed by atoms with Gasteiger partial charge in [0.05, 0.1) is 11.8 Å². The van der Waals surface area contributed by atoms with Crippen molar-refractivity contribution in [2.45, 2.75) is 50.8 Å². The number of para-hydroxylation sites is 1. The SMILES string of the molecule is c1ccc(C2=NN3[C@H](C2)c2ccccc2O[C@H]3C2CCCCC2)cc1. The lowest BCUT2D eigenvalue weighted by Crippen LogP contribution is -2.45. The summed E-state index contributed by atoms with van der Waals surface area (Å²) in [5.74, 6) is 1.65. The van der Waals surface area contributed by atoms with Gasteiger partial charge in [-0.25, -0.2) is 5.01 Å². The Morgan fingerprint density at radius 3 is 2.48 bits per heavy atom. The first-order valence-corrected chi connectivity index (χ1v) is 9.57. The topological polar surface area (TPSA) is 24.8 Å². The van der Waals surface area contributed by atoms with Gasteiger partial charge in [-0.2, -0.15) is 5.10 Å². The van der Waals surface area contributed by atoms with Gasteiger partial charge in [0, 0.05) is 17.9 Å². The molecule has 2 aliphatic heterocycles. The van der Waals surface area contributed by atoms with Crippen molar-refractivity contribution in [3.8, 4) is 5.75 Å². The van der Waals surface area contributed by atoms with Gasteiger partial charge < -0.3 is 4.74 Å². The summed E-state index contributed by atoms with van der Waals surface area (Å²) in [6.07, 6.45) is 7.56. The average Bonchev–Trinajstić information content (AvgIpc) is 3.14. The van der Waals surface area contributed by atoms with Crippen molar-refractivity contribution in [3.05, 3.63) is 65.7 Å². The molecule has 1 aliphatic carbocycles. The van der Waals surface area contributed by atoms with Crippen LogP contribution in [-0.2, 0) is 0 Å². The average molecular weight is 332 g/mol. The molecule has 25 heavy (non-hydrogen) atoms. The molecule has 3 aliphatic rings. The largest absolute Gasteiger partial charge is 0.468 e. The van der Waals surface area contributed by atoms with E-state index in [2.05, 4.69) is 59.6 Å². The Labute approximate surface area is 149 Å². The smallest absolute Gasteiger partial charge is 0.190 e. The minimum atomic E-state index is 0.0846. The van der Waals surface area contributed by atoms with Crippen molar-refractivity contribution >= 4 is 5.71 Å². The highest BCUT2D eigenvalue weighted by molar-refractivity contribution is 6.01. The first-order chi connectivity index (χ1) is 12.4. The van der Waals surface area contributed by atoms with Crippen molar-refractivity contribution < 1.29 is 4.74 Å². The van der Waals surface area contributed by atoms with Crippen LogP contribution in [0.4, 0.5) is 0 Å². The van der Waals surface area contributed by atoms with Crippen molar-refractivity contribution in [1.29, 1.82) is 0 Å². The fourth-order valence-corrected chi connectivity index (χ4v) is 4.60. The van der Waals surface area contributed by atoms with Gasteiger partial charge in [-0.05, 0) is 24.5 Å². The number of ether oxygens (including phenoxy) is 1. The monoisotopic (exact) mass is 332 g/mol. The van der Waals surface area contributed by atoms with Crippen LogP contribution in [0.2, 0.25) is 0 Å². The highest BCUT2D eigenvalue weighted by atomic mass is 16.5. The van der Waals surface area contributed by atoms with Crippen molar-refractivity contribution in [2.24, 2.45) is 11.0 Å². The number of benzene rings is 2. The van der Waals surface area contributed by atoms with E-state index in [0.717, 1.165) is 12.2 Å². The summed E-state index contributed by atoms with van der Waals surface area (Å²) in [4.78, 5) is 0. The van der Waals surface area contributed by atoms with Crippen LogP contribution < -0.4 is 4.74 Å². The molecule has 0 unspecified atom stereocenters. The number of fused-ring (bicyclic) bond motifs is 3. The Hall–Kier alpha value is -2.29. The molecule has 5 rings (SSSR count). The molecule has 3 nitrogen and oxygen atoms in total. The highest BCUT2D eigenvalue weighted by Crippen LogP contribution is 2.46. The summed E-state index contributed by atoms with van der Waals surface area (Å²) in [5.41, 5.74) is 3.70. The van der Waals surface area contributed by atoms with Gasteiger partial charge in [-0.1, -0.05) is 67.8 Å². The Bertz CT molecular complexity index is 780. The molecule has 2 aromatic carbocycles. The second-order valence-corrected chi connectivity index (χ2v) is 7.46. The highest BCUT2D eigenvalue weighted by Gasteiger charge is 2.43. The lowest BCUT2D eigenvalue weighted by atomic mass is 9.86. The molecule has 2 heterocycles. The van der Waals surface area contributed by atoms with E-state index in [0.29, 0.717) is 12.0 Å². The van der Waals surface area contributed by atoms with Crippen LogP contribution >= 0.6 is 0 Å². The van der Waals surface area contributed by atoms with Crippen LogP contribution in [-0.4, -0.2) is 16.9 Å². The second kappa shape index (κ2) is 6.21. The van der Waals surface area contributed by atoms with Gasteiger partial charge in [0.1, 0.15) is 5.75 Å². The first kappa shape index (κ1) is 15.0. The van der Waals surface area contributed by atoms with Gasteiger partial charge in [0.15, 0.2) is 6.23 Å². The summed E-state index contributed by atoms with van der Waals surface area (Å²) in [5, 5.41) is 7.34. The third kappa shape index (κ3) is 2.62. The number of nitrogens with zero attached hydrogens (tertiary/aromatic N) is 2. The van der Waals surface area contributed by atoms with E-state index in [-0.39, 0.29) is 6.23 Å². The molecule has 0 spiro atoms. The van der Waals surface area contributed by atoms with Crippen LogP contribution in [0.5, 0.6) is 5.75 Å². The molecule has 1 saturated carbocycles. The molecule has 1 fully saturated rings. The maximum atomic E-state index is 6.49. The van der Waals surface area contributed by atoms with Crippen molar-refractivity contribution in [1.82, 2.24) is 5.01 Å². The molecule has 0 N–H and O–H groups in total. The van der Waals surface area contributed by atoms with Crippen LogP contribution in [0.1, 0.15) is 55.7 Å². The third-order valence-corrected chi connectivity index (χ3v) is 5.89. The summed E-state index contributed by atoms with van der Waals surface area (Å²) < 4.78 is 6.49. The van der Waals surface area contributed by atoms with Gasteiger partial charge >= 0.3 is 0 Å². The molecule has 0 amide bonds. The molecule has 0 bridgehead atoms. The molecule has 0 aromatic heterocycles. The van der Waals surface area contributed by atoms with Gasteiger partial charge in [-0.3, -0.25) is 0 Å². The van der Waals surface area contributed by atoms with Gasteiger partial charge in [0.25, 0.3) is 0 Å². The van der Waals surface area contributed by atoms with E-state index in [1.807, 2.05) is 0 Å². The summed E-state index contributed by atoms with van der Waals surface area (Å²) >= 11 is 0. The maximum Gasteiger partial charge on any atom is 0.190 e. The van der Waals surface area contributed by atoms with E-state index in [1.54, 1.807) is 0 Å². The molecular weight excluding hydrogens is 308 g/mol. The Balaban J connectivity index is 1.53. The molecule has 3 heteroatoms. The third-order valence-electron chi connectivity index (χ3n) is 5.89. The minimum absolute atomic E-state index is 0.0846. The maximum absolute atomic E-state index is 6.49. The molecule has 0 saturated heterocycles. The van der Waals surface area contributed by atoms with E-state index in [1.165, 1.54) is 48.9 Å². The number of hydrazone groups is 1. The molecular formula is C22H24N2O. The summed E-state index contributed by atoms with van der Waals surface area (Å²) in [7, 11) is 0. The zero-order chi connectivity index (χ0) is 16.6. The van der Waals surface area contributed by atoms with E-state index >= 15 is 0 Å². The van der Waals surface area contributed by atoms with Gasteiger partial charge in [0.2, 0.25) is 0 Å².